The standard InChI is InChI=1S/C15H12N4OS/c1-9-6-14(20)19(18-9)15-17-13(8-21-15)12-7-10-4-2-3-5-11(10)16-12/h2-5,7-8,16H,6H2,1H3. The van der Waals surface area contributed by atoms with Crippen LogP contribution in [-0.2, 0) is 4.79 Å². The summed E-state index contributed by atoms with van der Waals surface area (Å²) >= 11 is 1.42. The van der Waals surface area contributed by atoms with E-state index in [-0.39, 0.29) is 5.91 Å². The van der Waals surface area contributed by atoms with E-state index in [2.05, 4.69) is 27.2 Å². The highest BCUT2D eigenvalue weighted by molar-refractivity contribution is 7.14. The number of amides is 1. The fourth-order valence-electron chi connectivity index (χ4n) is 2.40. The number of nitrogens with zero attached hydrogens (tertiary/aromatic N) is 3. The minimum absolute atomic E-state index is 0.0231. The average Bonchev–Trinajstić information content (AvgIpc) is 3.15. The molecule has 0 bridgehead atoms. The van der Waals surface area contributed by atoms with Crippen molar-refractivity contribution >= 4 is 39.0 Å². The van der Waals surface area contributed by atoms with Gasteiger partial charge in [-0.25, -0.2) is 4.98 Å². The molecule has 1 amide bonds. The summed E-state index contributed by atoms with van der Waals surface area (Å²) in [5.41, 5.74) is 3.68. The molecular formula is C15H12N4OS. The van der Waals surface area contributed by atoms with Gasteiger partial charge in [0.1, 0.15) is 0 Å². The van der Waals surface area contributed by atoms with Gasteiger partial charge < -0.3 is 4.98 Å². The second-order valence-corrected chi connectivity index (χ2v) is 5.84. The van der Waals surface area contributed by atoms with E-state index in [1.54, 1.807) is 0 Å². The fourth-order valence-corrected chi connectivity index (χ4v) is 3.19. The first-order valence-corrected chi connectivity index (χ1v) is 7.49. The number of carbonyl (C=O) groups excluding carboxylic acids is 1. The Morgan fingerprint density at radius 1 is 1.33 bits per heavy atom. The highest BCUT2D eigenvalue weighted by Crippen LogP contribution is 2.30. The van der Waals surface area contributed by atoms with Gasteiger partial charge in [-0.1, -0.05) is 18.2 Å². The van der Waals surface area contributed by atoms with Crippen LogP contribution < -0.4 is 5.01 Å². The van der Waals surface area contributed by atoms with Crippen molar-refractivity contribution in [3.8, 4) is 11.4 Å². The summed E-state index contributed by atoms with van der Waals surface area (Å²) in [6.45, 7) is 1.85. The number of aromatic amines is 1. The molecule has 5 nitrogen and oxygen atoms in total. The summed E-state index contributed by atoms with van der Waals surface area (Å²) in [6.07, 6.45) is 0.376. The van der Waals surface area contributed by atoms with Gasteiger partial charge >= 0.3 is 0 Å². The van der Waals surface area contributed by atoms with Crippen LogP contribution in [0.2, 0.25) is 0 Å². The largest absolute Gasteiger partial charge is 0.353 e. The number of para-hydroxylation sites is 1. The second kappa shape index (κ2) is 4.53. The Bertz CT molecular complexity index is 844. The Morgan fingerprint density at radius 2 is 2.19 bits per heavy atom. The molecule has 3 heterocycles. The van der Waals surface area contributed by atoms with E-state index in [0.29, 0.717) is 11.6 Å². The number of carbonyl (C=O) groups is 1. The smallest absolute Gasteiger partial charge is 0.255 e. The molecule has 1 N–H and O–H groups in total. The first-order chi connectivity index (χ1) is 10.2. The minimum Gasteiger partial charge on any atom is -0.353 e. The van der Waals surface area contributed by atoms with Gasteiger partial charge in [0.2, 0.25) is 5.13 Å². The van der Waals surface area contributed by atoms with E-state index in [1.165, 1.54) is 16.3 Å². The Morgan fingerprint density at radius 3 is 2.95 bits per heavy atom. The maximum absolute atomic E-state index is 11.8. The van der Waals surface area contributed by atoms with Crippen molar-refractivity contribution in [1.82, 2.24) is 9.97 Å². The number of thiazole rings is 1. The highest BCUT2D eigenvalue weighted by atomic mass is 32.1. The van der Waals surface area contributed by atoms with Crippen molar-refractivity contribution in [2.75, 3.05) is 5.01 Å². The van der Waals surface area contributed by atoms with E-state index >= 15 is 0 Å². The predicted molar refractivity (Wildman–Crippen MR) is 84.6 cm³/mol. The summed E-state index contributed by atoms with van der Waals surface area (Å²) in [5.74, 6) is -0.0231. The third-order valence-electron chi connectivity index (χ3n) is 3.39. The second-order valence-electron chi connectivity index (χ2n) is 5.00. The van der Waals surface area contributed by atoms with Gasteiger partial charge in [-0.2, -0.15) is 10.1 Å². The van der Waals surface area contributed by atoms with E-state index in [9.17, 15) is 4.79 Å². The zero-order valence-electron chi connectivity index (χ0n) is 11.3. The third kappa shape index (κ3) is 2.04. The van der Waals surface area contributed by atoms with E-state index in [1.807, 2.05) is 30.5 Å². The van der Waals surface area contributed by atoms with Gasteiger partial charge in [-0.3, -0.25) is 4.79 Å². The molecule has 104 valence electrons. The van der Waals surface area contributed by atoms with Crippen LogP contribution in [0.25, 0.3) is 22.3 Å². The number of hydrogen-bond acceptors (Lipinski definition) is 4. The van der Waals surface area contributed by atoms with Crippen molar-refractivity contribution < 1.29 is 4.79 Å². The first kappa shape index (κ1) is 12.3. The maximum Gasteiger partial charge on any atom is 0.255 e. The molecule has 0 saturated heterocycles. The molecule has 0 fully saturated rings. The molecule has 2 aromatic heterocycles. The number of hydrazone groups is 1. The first-order valence-electron chi connectivity index (χ1n) is 6.61. The molecular weight excluding hydrogens is 284 g/mol. The van der Waals surface area contributed by atoms with Crippen LogP contribution >= 0.6 is 11.3 Å². The fraction of sp³-hybridized carbons (Fsp3) is 0.133. The SMILES string of the molecule is CC1=NN(c2nc(-c3cc4ccccc4[nH]3)cs2)C(=O)C1. The molecule has 1 aliphatic rings. The van der Waals surface area contributed by atoms with Crippen LogP contribution in [0.5, 0.6) is 0 Å². The summed E-state index contributed by atoms with van der Waals surface area (Å²) in [5, 5.41) is 9.33. The van der Waals surface area contributed by atoms with Gasteiger partial charge in [0.25, 0.3) is 5.91 Å². The Hall–Kier alpha value is -2.47. The number of hydrogen-bond donors (Lipinski definition) is 1. The number of benzene rings is 1. The van der Waals surface area contributed by atoms with E-state index in [4.69, 9.17) is 0 Å². The van der Waals surface area contributed by atoms with Crippen LogP contribution in [0, 0.1) is 0 Å². The molecule has 0 aliphatic carbocycles. The van der Waals surface area contributed by atoms with Gasteiger partial charge in [0, 0.05) is 22.0 Å². The monoisotopic (exact) mass is 296 g/mol. The number of nitrogens with one attached hydrogen (secondary N) is 1. The van der Waals surface area contributed by atoms with Gasteiger partial charge in [0.15, 0.2) is 0 Å². The Balaban J connectivity index is 1.72. The highest BCUT2D eigenvalue weighted by Gasteiger charge is 2.25. The van der Waals surface area contributed by atoms with Crippen LogP contribution in [-0.4, -0.2) is 21.6 Å². The van der Waals surface area contributed by atoms with Gasteiger partial charge in [-0.15, -0.1) is 11.3 Å². The lowest BCUT2D eigenvalue weighted by Gasteiger charge is -2.05. The van der Waals surface area contributed by atoms with Crippen LogP contribution in [0.15, 0.2) is 40.8 Å². The van der Waals surface area contributed by atoms with Gasteiger partial charge in [-0.05, 0) is 19.1 Å². The van der Waals surface area contributed by atoms with Gasteiger partial charge in [0.05, 0.1) is 17.8 Å². The quantitative estimate of drug-likeness (QED) is 0.787. The lowest BCUT2D eigenvalue weighted by molar-refractivity contribution is -0.116. The molecule has 0 unspecified atom stereocenters. The van der Waals surface area contributed by atoms with Crippen LogP contribution in [0.3, 0.4) is 0 Å². The Labute approximate surface area is 124 Å². The zero-order valence-corrected chi connectivity index (χ0v) is 12.1. The predicted octanol–water partition coefficient (Wildman–Crippen LogP) is 3.40. The normalized spacial score (nSPS) is 15.0. The summed E-state index contributed by atoms with van der Waals surface area (Å²) in [7, 11) is 0. The number of rotatable bonds is 2. The molecule has 1 aromatic carbocycles. The molecule has 6 heteroatoms. The number of anilines is 1. The molecule has 0 radical (unpaired) electrons. The molecule has 4 rings (SSSR count). The van der Waals surface area contributed by atoms with Crippen LogP contribution in [0.4, 0.5) is 5.13 Å². The van der Waals surface area contributed by atoms with Crippen molar-refractivity contribution in [3.63, 3.8) is 0 Å². The van der Waals surface area contributed by atoms with Crippen molar-refractivity contribution in [3.05, 3.63) is 35.7 Å². The van der Waals surface area contributed by atoms with E-state index < -0.39 is 0 Å². The summed E-state index contributed by atoms with van der Waals surface area (Å²) < 4.78 is 0. The topological polar surface area (TPSA) is 61.4 Å². The molecule has 21 heavy (non-hydrogen) atoms. The lowest BCUT2D eigenvalue weighted by Crippen LogP contribution is -2.19. The molecule has 0 spiro atoms. The molecule has 1 aliphatic heterocycles. The zero-order chi connectivity index (χ0) is 14.4. The number of fused-ring (bicyclic) bond motifs is 1. The number of H-pyrrole nitrogens is 1. The summed E-state index contributed by atoms with van der Waals surface area (Å²) in [6, 6.07) is 10.2. The third-order valence-corrected chi connectivity index (χ3v) is 4.21. The van der Waals surface area contributed by atoms with Crippen molar-refractivity contribution in [1.29, 1.82) is 0 Å². The molecule has 3 aromatic rings. The maximum atomic E-state index is 11.8. The van der Waals surface area contributed by atoms with Crippen molar-refractivity contribution in [2.24, 2.45) is 5.10 Å². The number of aromatic nitrogens is 2. The van der Waals surface area contributed by atoms with Crippen molar-refractivity contribution in [2.45, 2.75) is 13.3 Å². The van der Waals surface area contributed by atoms with Crippen LogP contribution in [0.1, 0.15) is 13.3 Å². The molecule has 0 saturated carbocycles. The minimum atomic E-state index is -0.0231. The van der Waals surface area contributed by atoms with E-state index in [0.717, 1.165) is 28.0 Å². The Kier molecular flexibility index (Phi) is 2.65. The lowest BCUT2D eigenvalue weighted by atomic mass is 10.2. The summed E-state index contributed by atoms with van der Waals surface area (Å²) in [4.78, 5) is 19.7. The molecule has 0 atom stereocenters. The average molecular weight is 296 g/mol.